The van der Waals surface area contributed by atoms with Crippen molar-refractivity contribution in [2.45, 2.75) is 51.7 Å². The van der Waals surface area contributed by atoms with E-state index in [9.17, 15) is 5.11 Å². The molecule has 0 aromatic heterocycles. The van der Waals surface area contributed by atoms with Crippen LogP contribution in [0.1, 0.15) is 48.5 Å². The minimum atomic E-state index is -0.420. The summed E-state index contributed by atoms with van der Waals surface area (Å²) < 4.78 is 6.01. The van der Waals surface area contributed by atoms with E-state index < -0.39 is 6.10 Å². The third-order valence-electron chi connectivity index (χ3n) is 4.90. The van der Waals surface area contributed by atoms with Crippen molar-refractivity contribution in [2.24, 2.45) is 0 Å². The fourth-order valence-corrected chi connectivity index (χ4v) is 3.43. The van der Waals surface area contributed by atoms with Gasteiger partial charge in [0, 0.05) is 5.56 Å². The maximum absolute atomic E-state index is 10.8. The largest absolute Gasteiger partial charge is 0.491 e. The van der Waals surface area contributed by atoms with Gasteiger partial charge in [0.2, 0.25) is 0 Å². The highest BCUT2D eigenvalue weighted by Gasteiger charge is 2.34. The summed E-state index contributed by atoms with van der Waals surface area (Å²) in [5, 5.41) is 10.8. The number of nitrogens with zero attached hydrogens (tertiary/aromatic N) is 1. The van der Waals surface area contributed by atoms with E-state index >= 15 is 0 Å². The van der Waals surface area contributed by atoms with Crippen LogP contribution in [-0.4, -0.2) is 35.7 Å². The number of hydrogen-bond acceptors (Lipinski definition) is 3. The van der Waals surface area contributed by atoms with Gasteiger partial charge in [-0.25, -0.2) is 0 Å². The van der Waals surface area contributed by atoms with Crippen molar-refractivity contribution < 1.29 is 9.84 Å². The van der Waals surface area contributed by atoms with Gasteiger partial charge in [-0.3, -0.25) is 4.90 Å². The van der Waals surface area contributed by atoms with Crippen LogP contribution in [0, 0.1) is 13.8 Å². The number of aliphatic hydroxyl groups is 1. The minimum Gasteiger partial charge on any atom is -0.491 e. The van der Waals surface area contributed by atoms with Crippen LogP contribution in [0.2, 0.25) is 0 Å². The average Bonchev–Trinajstić information content (AvgIpc) is 2.72. The zero-order valence-electron chi connectivity index (χ0n) is 12.6. The molecule has 3 rings (SSSR count). The highest BCUT2D eigenvalue weighted by atomic mass is 16.5. The standard InChI is InChI=1S/C17H25NO2/c1-12-7-8-14-16(19)15(11-20-17(14)13(12)2)18-9-5-3-4-6-10-18/h7-8,15-16,19H,3-6,9-11H2,1-2H3. The molecule has 1 aromatic carbocycles. The number of rotatable bonds is 1. The van der Waals surface area contributed by atoms with Crippen molar-refractivity contribution >= 4 is 0 Å². The second-order valence-corrected chi connectivity index (χ2v) is 6.20. The number of aliphatic hydroxyl groups excluding tert-OH is 1. The molecule has 110 valence electrons. The number of aryl methyl sites for hydroxylation is 1. The Morgan fingerprint density at radius 1 is 1.10 bits per heavy atom. The number of hydrogen-bond donors (Lipinski definition) is 1. The maximum Gasteiger partial charge on any atom is 0.128 e. The molecular weight excluding hydrogens is 250 g/mol. The molecule has 1 saturated heterocycles. The molecule has 20 heavy (non-hydrogen) atoms. The first-order valence-electron chi connectivity index (χ1n) is 7.83. The van der Waals surface area contributed by atoms with E-state index in [2.05, 4.69) is 24.8 Å². The fraction of sp³-hybridized carbons (Fsp3) is 0.647. The summed E-state index contributed by atoms with van der Waals surface area (Å²) in [5.74, 6) is 0.906. The maximum atomic E-state index is 10.8. The topological polar surface area (TPSA) is 32.7 Å². The molecule has 3 heteroatoms. The molecule has 0 aliphatic carbocycles. The van der Waals surface area contributed by atoms with E-state index in [0.29, 0.717) is 6.61 Å². The molecule has 2 aliphatic heterocycles. The van der Waals surface area contributed by atoms with Gasteiger partial charge in [-0.15, -0.1) is 0 Å². The smallest absolute Gasteiger partial charge is 0.128 e. The number of fused-ring (bicyclic) bond motifs is 1. The van der Waals surface area contributed by atoms with Crippen LogP contribution >= 0.6 is 0 Å². The van der Waals surface area contributed by atoms with Crippen LogP contribution in [0.15, 0.2) is 12.1 Å². The Hall–Kier alpha value is -1.06. The molecule has 1 aromatic rings. The van der Waals surface area contributed by atoms with E-state index in [1.165, 1.54) is 31.2 Å². The predicted molar refractivity (Wildman–Crippen MR) is 80.2 cm³/mol. The van der Waals surface area contributed by atoms with Crippen molar-refractivity contribution in [1.29, 1.82) is 0 Å². The highest BCUT2D eigenvalue weighted by Crippen LogP contribution is 2.38. The van der Waals surface area contributed by atoms with E-state index in [1.54, 1.807) is 0 Å². The first-order chi connectivity index (χ1) is 9.68. The lowest BCUT2D eigenvalue weighted by molar-refractivity contribution is 0.00450. The van der Waals surface area contributed by atoms with Crippen LogP contribution in [0.5, 0.6) is 5.75 Å². The Morgan fingerprint density at radius 3 is 2.50 bits per heavy atom. The predicted octanol–water partition coefficient (Wildman–Crippen LogP) is 2.97. The Kier molecular flexibility index (Phi) is 3.99. The summed E-state index contributed by atoms with van der Waals surface area (Å²) in [5.41, 5.74) is 3.36. The number of likely N-dealkylation sites (tertiary alicyclic amines) is 1. The Bertz CT molecular complexity index is 478. The monoisotopic (exact) mass is 275 g/mol. The molecule has 1 fully saturated rings. The molecule has 0 spiro atoms. The Balaban J connectivity index is 1.85. The SMILES string of the molecule is Cc1ccc2c(c1C)OCC(N1CCCCCC1)C2O. The highest BCUT2D eigenvalue weighted by molar-refractivity contribution is 5.48. The van der Waals surface area contributed by atoms with Gasteiger partial charge in [-0.2, -0.15) is 0 Å². The molecule has 3 nitrogen and oxygen atoms in total. The van der Waals surface area contributed by atoms with Gasteiger partial charge in [0.05, 0.1) is 6.04 Å². The van der Waals surface area contributed by atoms with Gasteiger partial charge < -0.3 is 9.84 Å². The molecule has 2 atom stereocenters. The van der Waals surface area contributed by atoms with Crippen LogP contribution in [0.3, 0.4) is 0 Å². The van der Waals surface area contributed by atoms with Gasteiger partial charge in [-0.1, -0.05) is 25.0 Å². The van der Waals surface area contributed by atoms with Crippen LogP contribution in [0.4, 0.5) is 0 Å². The van der Waals surface area contributed by atoms with Gasteiger partial charge >= 0.3 is 0 Å². The first kappa shape index (κ1) is 13.9. The van der Waals surface area contributed by atoms with Crippen LogP contribution in [-0.2, 0) is 0 Å². The lowest BCUT2D eigenvalue weighted by Crippen LogP contribution is -2.46. The van der Waals surface area contributed by atoms with Crippen LogP contribution < -0.4 is 4.74 Å². The zero-order chi connectivity index (χ0) is 14.1. The number of ether oxygens (including phenoxy) is 1. The zero-order valence-corrected chi connectivity index (χ0v) is 12.6. The number of benzene rings is 1. The molecule has 0 radical (unpaired) electrons. The molecular formula is C17H25NO2. The van der Waals surface area contributed by atoms with Crippen molar-refractivity contribution in [3.05, 3.63) is 28.8 Å². The quantitative estimate of drug-likeness (QED) is 0.855. The normalized spacial score (nSPS) is 27.6. The minimum absolute atomic E-state index is 0.114. The molecule has 2 aliphatic rings. The van der Waals surface area contributed by atoms with Crippen molar-refractivity contribution in [1.82, 2.24) is 4.90 Å². The second kappa shape index (κ2) is 5.74. The summed E-state index contributed by atoms with van der Waals surface area (Å²) in [4.78, 5) is 2.43. The molecule has 2 heterocycles. The van der Waals surface area contributed by atoms with Crippen LogP contribution in [0.25, 0.3) is 0 Å². The summed E-state index contributed by atoms with van der Waals surface area (Å²) in [6, 6.07) is 4.24. The first-order valence-corrected chi connectivity index (χ1v) is 7.83. The molecule has 0 bridgehead atoms. The second-order valence-electron chi connectivity index (χ2n) is 6.20. The summed E-state index contributed by atoms with van der Waals surface area (Å²) in [6.45, 7) is 6.95. The molecule has 0 saturated carbocycles. The van der Waals surface area contributed by atoms with Crippen molar-refractivity contribution in [3.8, 4) is 5.75 Å². The van der Waals surface area contributed by atoms with Crippen molar-refractivity contribution in [3.63, 3.8) is 0 Å². The summed E-state index contributed by atoms with van der Waals surface area (Å²) in [7, 11) is 0. The lowest BCUT2D eigenvalue weighted by atomic mass is 9.93. The molecule has 2 unspecified atom stereocenters. The average molecular weight is 275 g/mol. The van der Waals surface area contributed by atoms with E-state index in [-0.39, 0.29) is 6.04 Å². The molecule has 0 amide bonds. The van der Waals surface area contributed by atoms with Gasteiger partial charge in [0.1, 0.15) is 18.5 Å². The van der Waals surface area contributed by atoms with Gasteiger partial charge in [-0.05, 0) is 50.9 Å². The Labute approximate surface area is 121 Å². The van der Waals surface area contributed by atoms with Crippen molar-refractivity contribution in [2.75, 3.05) is 19.7 Å². The Morgan fingerprint density at radius 2 is 1.80 bits per heavy atom. The third-order valence-corrected chi connectivity index (χ3v) is 4.90. The van der Waals surface area contributed by atoms with E-state index in [4.69, 9.17) is 4.74 Å². The van der Waals surface area contributed by atoms with Gasteiger partial charge in [0.25, 0.3) is 0 Å². The van der Waals surface area contributed by atoms with E-state index in [0.717, 1.165) is 30.0 Å². The van der Waals surface area contributed by atoms with E-state index in [1.807, 2.05) is 6.07 Å². The fourth-order valence-electron chi connectivity index (χ4n) is 3.43. The summed E-state index contributed by atoms with van der Waals surface area (Å²) in [6.07, 6.45) is 4.69. The molecule has 1 N–H and O–H groups in total. The van der Waals surface area contributed by atoms with Gasteiger partial charge in [0.15, 0.2) is 0 Å². The lowest BCUT2D eigenvalue weighted by Gasteiger charge is -2.38. The summed E-state index contributed by atoms with van der Waals surface area (Å²) >= 11 is 0. The third kappa shape index (κ3) is 2.45.